The third-order valence-corrected chi connectivity index (χ3v) is 3.90. The highest BCUT2D eigenvalue weighted by Crippen LogP contribution is 2.28. The van der Waals surface area contributed by atoms with Crippen molar-refractivity contribution in [2.45, 2.75) is 32.2 Å². The van der Waals surface area contributed by atoms with Gasteiger partial charge < -0.3 is 4.57 Å². The second-order valence-corrected chi connectivity index (χ2v) is 5.26. The van der Waals surface area contributed by atoms with Gasteiger partial charge in [0.2, 0.25) is 0 Å². The highest BCUT2D eigenvalue weighted by molar-refractivity contribution is 6.31. The summed E-state index contributed by atoms with van der Waals surface area (Å²) in [7, 11) is 0. The Balaban J connectivity index is 1.91. The van der Waals surface area contributed by atoms with Gasteiger partial charge in [-0.1, -0.05) is 24.4 Å². The number of nitrogens with zero attached hydrogens (tertiary/aromatic N) is 1. The van der Waals surface area contributed by atoms with Crippen LogP contribution in [0.4, 0.5) is 0 Å². The van der Waals surface area contributed by atoms with E-state index in [-0.39, 0.29) is 0 Å². The van der Waals surface area contributed by atoms with E-state index in [1.165, 1.54) is 43.1 Å². The summed E-state index contributed by atoms with van der Waals surface area (Å²) in [6.45, 7) is 1.17. The highest BCUT2D eigenvalue weighted by Gasteiger charge is 2.15. The third-order valence-electron chi connectivity index (χ3n) is 3.66. The summed E-state index contributed by atoms with van der Waals surface area (Å²) in [5, 5.41) is 2.08. The van der Waals surface area contributed by atoms with Gasteiger partial charge in [0, 0.05) is 28.7 Å². The first-order valence-electron chi connectivity index (χ1n) is 6.07. The molecule has 16 heavy (non-hydrogen) atoms. The van der Waals surface area contributed by atoms with Gasteiger partial charge in [0.25, 0.3) is 0 Å². The summed E-state index contributed by atoms with van der Waals surface area (Å²) < 4.78 is 2.38. The predicted octanol–water partition coefficient (Wildman–Crippen LogP) is 4.48. The summed E-state index contributed by atoms with van der Waals surface area (Å²) in [4.78, 5) is 0. The molecule has 1 aliphatic carbocycles. The summed E-state index contributed by atoms with van der Waals surface area (Å²) in [5.41, 5.74) is 1.32. The van der Waals surface area contributed by atoms with Crippen LogP contribution >= 0.6 is 11.6 Å². The lowest BCUT2D eigenvalue weighted by Crippen LogP contribution is -2.05. The molecule has 0 bridgehead atoms. The number of fused-ring (bicyclic) bond motifs is 1. The SMILES string of the molecule is Clc1ccc2c(ccn2CC2CCCC2)c1. The van der Waals surface area contributed by atoms with Crippen molar-refractivity contribution in [3.63, 3.8) is 0 Å². The molecule has 84 valence electrons. The number of benzene rings is 1. The molecule has 1 saturated carbocycles. The topological polar surface area (TPSA) is 4.93 Å². The summed E-state index contributed by atoms with van der Waals surface area (Å²) >= 11 is 5.99. The van der Waals surface area contributed by atoms with Crippen molar-refractivity contribution in [3.05, 3.63) is 35.5 Å². The predicted molar refractivity (Wildman–Crippen MR) is 68.9 cm³/mol. The lowest BCUT2D eigenvalue weighted by atomic mass is 10.1. The van der Waals surface area contributed by atoms with Crippen LogP contribution in [-0.4, -0.2) is 4.57 Å². The Morgan fingerprint density at radius 3 is 2.81 bits per heavy atom. The molecule has 2 heteroatoms. The normalized spacial score (nSPS) is 17.3. The van der Waals surface area contributed by atoms with Crippen LogP contribution in [0.5, 0.6) is 0 Å². The second kappa shape index (κ2) is 4.14. The van der Waals surface area contributed by atoms with E-state index >= 15 is 0 Å². The highest BCUT2D eigenvalue weighted by atomic mass is 35.5. The summed E-state index contributed by atoms with van der Waals surface area (Å²) in [6.07, 6.45) is 7.81. The maximum atomic E-state index is 5.99. The van der Waals surface area contributed by atoms with E-state index in [1.807, 2.05) is 12.1 Å². The van der Waals surface area contributed by atoms with E-state index in [0.717, 1.165) is 10.9 Å². The lowest BCUT2D eigenvalue weighted by molar-refractivity contribution is 0.466. The molecular formula is C14H16ClN. The minimum Gasteiger partial charge on any atom is -0.347 e. The van der Waals surface area contributed by atoms with Gasteiger partial charge >= 0.3 is 0 Å². The zero-order valence-electron chi connectivity index (χ0n) is 9.32. The molecule has 1 fully saturated rings. The van der Waals surface area contributed by atoms with Gasteiger partial charge in [-0.25, -0.2) is 0 Å². The standard InChI is InChI=1S/C14H16ClN/c15-13-5-6-14-12(9-13)7-8-16(14)10-11-3-1-2-4-11/h5-9,11H,1-4,10H2. The third kappa shape index (κ3) is 1.84. The molecular weight excluding hydrogens is 218 g/mol. The van der Waals surface area contributed by atoms with Crippen molar-refractivity contribution in [2.75, 3.05) is 0 Å². The maximum absolute atomic E-state index is 5.99. The van der Waals surface area contributed by atoms with Gasteiger partial charge in [0.1, 0.15) is 0 Å². The van der Waals surface area contributed by atoms with E-state index < -0.39 is 0 Å². The molecule has 1 aromatic heterocycles. The van der Waals surface area contributed by atoms with E-state index in [4.69, 9.17) is 11.6 Å². The lowest BCUT2D eigenvalue weighted by Gasteiger charge is -2.11. The fraction of sp³-hybridized carbons (Fsp3) is 0.429. The van der Waals surface area contributed by atoms with Crippen molar-refractivity contribution in [1.29, 1.82) is 0 Å². The Morgan fingerprint density at radius 2 is 2.00 bits per heavy atom. The Morgan fingerprint density at radius 1 is 1.19 bits per heavy atom. The molecule has 1 nitrogen and oxygen atoms in total. The summed E-state index contributed by atoms with van der Waals surface area (Å²) in [5.74, 6) is 0.881. The smallest absolute Gasteiger partial charge is 0.0481 e. The van der Waals surface area contributed by atoms with Crippen molar-refractivity contribution in [3.8, 4) is 0 Å². The first kappa shape index (κ1) is 10.2. The molecule has 0 N–H and O–H groups in total. The van der Waals surface area contributed by atoms with Crippen molar-refractivity contribution >= 4 is 22.5 Å². The van der Waals surface area contributed by atoms with Crippen LogP contribution in [0.15, 0.2) is 30.5 Å². The molecule has 0 radical (unpaired) electrons. The number of halogens is 1. The number of rotatable bonds is 2. The van der Waals surface area contributed by atoms with Crippen LogP contribution in [0, 0.1) is 5.92 Å². The minimum absolute atomic E-state index is 0.825. The molecule has 1 aliphatic rings. The fourth-order valence-corrected chi connectivity index (χ4v) is 2.98. The molecule has 1 aromatic carbocycles. The maximum Gasteiger partial charge on any atom is 0.0481 e. The zero-order valence-corrected chi connectivity index (χ0v) is 10.1. The Bertz CT molecular complexity index is 494. The van der Waals surface area contributed by atoms with Gasteiger partial charge in [0.15, 0.2) is 0 Å². The molecule has 1 heterocycles. The van der Waals surface area contributed by atoms with E-state index in [2.05, 4.69) is 22.9 Å². The van der Waals surface area contributed by atoms with Crippen molar-refractivity contribution in [2.24, 2.45) is 5.92 Å². The van der Waals surface area contributed by atoms with E-state index in [9.17, 15) is 0 Å². The molecule has 3 rings (SSSR count). The second-order valence-electron chi connectivity index (χ2n) is 4.82. The minimum atomic E-state index is 0.825. The number of hydrogen-bond donors (Lipinski definition) is 0. The Labute approximate surface area is 101 Å². The molecule has 0 aliphatic heterocycles. The molecule has 2 aromatic rings. The van der Waals surface area contributed by atoms with Crippen LogP contribution in [0.1, 0.15) is 25.7 Å². The molecule has 0 spiro atoms. The largest absolute Gasteiger partial charge is 0.347 e. The molecule has 0 atom stereocenters. The van der Waals surface area contributed by atoms with Crippen LogP contribution in [0.2, 0.25) is 5.02 Å². The number of hydrogen-bond acceptors (Lipinski definition) is 0. The Hall–Kier alpha value is -0.950. The zero-order chi connectivity index (χ0) is 11.0. The van der Waals surface area contributed by atoms with Crippen molar-refractivity contribution < 1.29 is 0 Å². The van der Waals surface area contributed by atoms with Crippen LogP contribution in [0.3, 0.4) is 0 Å². The van der Waals surface area contributed by atoms with Crippen LogP contribution in [-0.2, 0) is 6.54 Å². The monoisotopic (exact) mass is 233 g/mol. The fourth-order valence-electron chi connectivity index (χ4n) is 2.80. The van der Waals surface area contributed by atoms with Crippen LogP contribution < -0.4 is 0 Å². The van der Waals surface area contributed by atoms with E-state index in [1.54, 1.807) is 0 Å². The quantitative estimate of drug-likeness (QED) is 0.721. The molecule has 0 amide bonds. The van der Waals surface area contributed by atoms with Crippen LogP contribution in [0.25, 0.3) is 10.9 Å². The average molecular weight is 234 g/mol. The van der Waals surface area contributed by atoms with Crippen molar-refractivity contribution in [1.82, 2.24) is 4.57 Å². The Kier molecular flexibility index (Phi) is 2.64. The first-order chi connectivity index (χ1) is 7.83. The van der Waals surface area contributed by atoms with Gasteiger partial charge in [-0.3, -0.25) is 0 Å². The van der Waals surface area contributed by atoms with Gasteiger partial charge in [-0.05, 0) is 43.0 Å². The molecule has 0 saturated heterocycles. The number of aromatic nitrogens is 1. The van der Waals surface area contributed by atoms with Gasteiger partial charge in [-0.2, -0.15) is 0 Å². The summed E-state index contributed by atoms with van der Waals surface area (Å²) in [6, 6.07) is 8.32. The van der Waals surface area contributed by atoms with Gasteiger partial charge in [0.05, 0.1) is 0 Å². The first-order valence-corrected chi connectivity index (χ1v) is 6.45. The average Bonchev–Trinajstić information content (AvgIpc) is 2.89. The molecule has 0 unspecified atom stereocenters. The van der Waals surface area contributed by atoms with Gasteiger partial charge in [-0.15, -0.1) is 0 Å². The van der Waals surface area contributed by atoms with E-state index in [0.29, 0.717) is 0 Å².